The molecule has 17 heavy (non-hydrogen) atoms. The van der Waals surface area contributed by atoms with Crippen LogP contribution in [0.15, 0.2) is 47.9 Å². The fourth-order valence-corrected chi connectivity index (χ4v) is 3.33. The number of hydrogen-bond acceptors (Lipinski definition) is 2. The monoisotopic (exact) mass is 228 g/mol. The van der Waals surface area contributed by atoms with Gasteiger partial charge in [-0.3, -0.25) is 0 Å². The fourth-order valence-electron chi connectivity index (χ4n) is 3.33. The minimum absolute atomic E-state index is 0.656. The van der Waals surface area contributed by atoms with Crippen molar-refractivity contribution < 1.29 is 0 Å². The summed E-state index contributed by atoms with van der Waals surface area (Å²) >= 11 is 0. The topological polar surface area (TPSA) is 38.0 Å². The molecule has 0 aromatic carbocycles. The minimum Gasteiger partial charge on any atom is -0.399 e. The van der Waals surface area contributed by atoms with E-state index in [0.29, 0.717) is 11.5 Å². The second kappa shape index (κ2) is 3.80. The summed E-state index contributed by atoms with van der Waals surface area (Å²) < 4.78 is 0. The molecule has 0 heterocycles. The second-order valence-corrected chi connectivity index (χ2v) is 5.76. The van der Waals surface area contributed by atoms with Crippen molar-refractivity contribution in [3.05, 3.63) is 47.9 Å². The van der Waals surface area contributed by atoms with E-state index in [1.807, 2.05) is 24.3 Å². The van der Waals surface area contributed by atoms with Crippen LogP contribution in [0.2, 0.25) is 0 Å². The van der Waals surface area contributed by atoms with Gasteiger partial charge in [0.1, 0.15) is 0 Å². The molecule has 3 unspecified atom stereocenters. The van der Waals surface area contributed by atoms with Crippen LogP contribution in [0, 0.1) is 11.3 Å². The molecule has 2 fully saturated rings. The lowest BCUT2D eigenvalue weighted by molar-refractivity contribution is -0.0882. The molecule has 0 radical (unpaired) electrons. The van der Waals surface area contributed by atoms with E-state index < -0.39 is 0 Å². The molecule has 0 aromatic heterocycles. The van der Waals surface area contributed by atoms with Gasteiger partial charge in [-0.1, -0.05) is 19.1 Å². The molecule has 0 aromatic rings. The first-order chi connectivity index (χ1) is 8.17. The lowest BCUT2D eigenvalue weighted by Crippen LogP contribution is -2.61. The molecule has 2 heteroatoms. The Kier molecular flexibility index (Phi) is 2.39. The van der Waals surface area contributed by atoms with Gasteiger partial charge in [-0.25, -0.2) is 0 Å². The van der Waals surface area contributed by atoms with Gasteiger partial charge in [0, 0.05) is 17.4 Å². The summed E-state index contributed by atoms with van der Waals surface area (Å²) in [6.45, 7) is 2.42. The van der Waals surface area contributed by atoms with Gasteiger partial charge in [-0.2, -0.15) is 0 Å². The minimum atomic E-state index is 0.656. The maximum atomic E-state index is 5.73. The number of nitrogens with one attached hydrogen (secondary N) is 1. The van der Waals surface area contributed by atoms with Crippen LogP contribution in [0.25, 0.3) is 0 Å². The molecule has 90 valence electrons. The van der Waals surface area contributed by atoms with Crippen LogP contribution in [-0.2, 0) is 0 Å². The fraction of sp³-hybridized carbons (Fsp3) is 0.467. The van der Waals surface area contributed by atoms with Crippen molar-refractivity contribution in [2.75, 3.05) is 0 Å². The van der Waals surface area contributed by atoms with E-state index in [1.165, 1.54) is 25.0 Å². The van der Waals surface area contributed by atoms with Gasteiger partial charge in [-0.05, 0) is 54.9 Å². The van der Waals surface area contributed by atoms with Crippen LogP contribution in [0.3, 0.4) is 0 Å². The lowest BCUT2D eigenvalue weighted by atomic mass is 9.46. The van der Waals surface area contributed by atoms with Gasteiger partial charge < -0.3 is 11.1 Å². The van der Waals surface area contributed by atoms with Crippen molar-refractivity contribution in [2.45, 2.75) is 32.2 Å². The molecule has 0 spiro atoms. The summed E-state index contributed by atoms with van der Waals surface area (Å²) in [5.41, 5.74) is 8.38. The van der Waals surface area contributed by atoms with Crippen LogP contribution in [0.4, 0.5) is 0 Å². The molecule has 2 saturated carbocycles. The molecule has 3 atom stereocenters. The normalized spacial score (nSPS) is 48.8. The number of allylic oxidation sites excluding steroid dienone is 6. The van der Waals surface area contributed by atoms with Crippen molar-refractivity contribution in [3.8, 4) is 0 Å². The van der Waals surface area contributed by atoms with Gasteiger partial charge in [0.05, 0.1) is 0 Å². The quantitative estimate of drug-likeness (QED) is 0.762. The van der Waals surface area contributed by atoms with Crippen molar-refractivity contribution in [3.63, 3.8) is 0 Å². The summed E-state index contributed by atoms with van der Waals surface area (Å²) in [5.74, 6) is 0.895. The Bertz CT molecular complexity index is 442. The van der Waals surface area contributed by atoms with Crippen molar-refractivity contribution in [2.24, 2.45) is 17.1 Å². The van der Waals surface area contributed by atoms with E-state index in [1.54, 1.807) is 0 Å². The van der Waals surface area contributed by atoms with Gasteiger partial charge in [-0.15, -0.1) is 0 Å². The van der Waals surface area contributed by atoms with Crippen molar-refractivity contribution >= 4 is 0 Å². The lowest BCUT2D eigenvalue weighted by Gasteiger charge is -2.62. The molecular weight excluding hydrogens is 208 g/mol. The maximum Gasteiger partial charge on any atom is 0.0342 e. The van der Waals surface area contributed by atoms with Gasteiger partial charge in [0.25, 0.3) is 0 Å². The first-order valence-electron chi connectivity index (χ1n) is 6.46. The van der Waals surface area contributed by atoms with Gasteiger partial charge >= 0.3 is 0 Å². The number of hydrogen-bond donors (Lipinski definition) is 2. The first kappa shape index (κ1) is 10.7. The van der Waals surface area contributed by atoms with Gasteiger partial charge in [0.2, 0.25) is 0 Å². The van der Waals surface area contributed by atoms with Crippen molar-refractivity contribution in [1.82, 2.24) is 5.32 Å². The zero-order chi connectivity index (χ0) is 11.9. The average Bonchev–Trinajstić information content (AvgIpc) is 2.24. The third-order valence-corrected chi connectivity index (χ3v) is 4.57. The highest BCUT2D eigenvalue weighted by atomic mass is 15.0. The second-order valence-electron chi connectivity index (χ2n) is 5.76. The van der Waals surface area contributed by atoms with E-state index in [2.05, 4.69) is 24.4 Å². The molecule has 0 saturated heterocycles. The predicted octanol–water partition coefficient (Wildman–Crippen LogP) is 2.62. The highest BCUT2D eigenvalue weighted by Gasteiger charge is 2.56. The zero-order valence-corrected chi connectivity index (χ0v) is 10.3. The third kappa shape index (κ3) is 1.82. The number of rotatable bonds is 2. The Morgan fingerprint density at radius 2 is 2.12 bits per heavy atom. The average molecular weight is 228 g/mol. The Balaban J connectivity index is 1.63. The highest BCUT2D eigenvalue weighted by Crippen LogP contribution is 2.60. The van der Waals surface area contributed by atoms with Crippen LogP contribution in [-0.4, -0.2) is 6.04 Å². The largest absolute Gasteiger partial charge is 0.399 e. The first-order valence-corrected chi connectivity index (χ1v) is 6.46. The predicted molar refractivity (Wildman–Crippen MR) is 71.0 cm³/mol. The van der Waals surface area contributed by atoms with E-state index >= 15 is 0 Å². The Morgan fingerprint density at radius 3 is 2.76 bits per heavy atom. The molecule has 3 aliphatic carbocycles. The molecular formula is C15H20N2. The van der Waals surface area contributed by atoms with Crippen LogP contribution in [0.5, 0.6) is 0 Å². The zero-order valence-electron chi connectivity index (χ0n) is 10.3. The van der Waals surface area contributed by atoms with Crippen LogP contribution in [0.1, 0.15) is 26.2 Å². The van der Waals surface area contributed by atoms with Crippen LogP contribution >= 0.6 is 0 Å². The Hall–Kier alpha value is -1.44. The highest BCUT2D eigenvalue weighted by molar-refractivity contribution is 5.34. The SMILES string of the molecule is CC12CCC1C(NC1=C/C=C\C(N)=C/C=C\1)C2. The summed E-state index contributed by atoms with van der Waals surface area (Å²) in [6.07, 6.45) is 16.2. The maximum absolute atomic E-state index is 5.73. The number of nitrogens with two attached hydrogens (primary N) is 1. The van der Waals surface area contributed by atoms with E-state index in [9.17, 15) is 0 Å². The molecule has 2 nitrogen and oxygen atoms in total. The Labute approximate surface area is 103 Å². The smallest absolute Gasteiger partial charge is 0.0342 e. The van der Waals surface area contributed by atoms with E-state index in [-0.39, 0.29) is 0 Å². The molecule has 3 rings (SSSR count). The van der Waals surface area contributed by atoms with Gasteiger partial charge in [0.15, 0.2) is 0 Å². The number of fused-ring (bicyclic) bond motifs is 1. The summed E-state index contributed by atoms with van der Waals surface area (Å²) in [4.78, 5) is 0. The van der Waals surface area contributed by atoms with Crippen LogP contribution < -0.4 is 11.1 Å². The van der Waals surface area contributed by atoms with E-state index in [0.717, 1.165) is 11.6 Å². The van der Waals surface area contributed by atoms with Crippen molar-refractivity contribution in [1.29, 1.82) is 0 Å². The summed E-state index contributed by atoms with van der Waals surface area (Å²) in [5, 5.41) is 3.65. The summed E-state index contributed by atoms with van der Waals surface area (Å²) in [6, 6.07) is 0.679. The van der Waals surface area contributed by atoms with E-state index in [4.69, 9.17) is 5.73 Å². The summed E-state index contributed by atoms with van der Waals surface area (Å²) in [7, 11) is 0. The third-order valence-electron chi connectivity index (χ3n) is 4.57. The molecule has 3 N–H and O–H groups in total. The standard InChI is InChI=1S/C15H20N2/c1-15-9-8-13(15)14(10-15)17-12-6-2-4-11(16)5-3-7-12/h2-7,13-14,17H,8-10,16H2,1H3/b4-2-,5-3?,6-2?,7-3-,11-4?,11-5+,12-6+,12-7?. The molecule has 3 aliphatic rings. The molecule has 0 aliphatic heterocycles. The molecule has 0 bridgehead atoms. The Morgan fingerprint density at radius 1 is 1.29 bits per heavy atom. The molecule has 0 amide bonds.